The van der Waals surface area contributed by atoms with E-state index in [1.807, 2.05) is 51.1 Å². The maximum atomic E-state index is 12.3. The van der Waals surface area contributed by atoms with Gasteiger partial charge in [0, 0.05) is 5.56 Å². The Labute approximate surface area is 151 Å². The molecule has 25 heavy (non-hydrogen) atoms. The van der Waals surface area contributed by atoms with E-state index in [1.54, 1.807) is 0 Å². The lowest BCUT2D eigenvalue weighted by Crippen LogP contribution is -2.13. The van der Waals surface area contributed by atoms with Crippen LogP contribution in [0.1, 0.15) is 55.9 Å². The van der Waals surface area contributed by atoms with Crippen molar-refractivity contribution < 1.29 is 14.3 Å². The minimum Gasteiger partial charge on any atom is -0.490 e. The average Bonchev–Trinajstić information content (AvgIpc) is 2.56. The zero-order valence-electron chi connectivity index (χ0n) is 15.8. The van der Waals surface area contributed by atoms with Crippen molar-refractivity contribution in [3.63, 3.8) is 0 Å². The van der Waals surface area contributed by atoms with Crippen molar-refractivity contribution in [1.29, 1.82) is 0 Å². The summed E-state index contributed by atoms with van der Waals surface area (Å²) >= 11 is 0. The fraction of sp³-hybridized carbons (Fsp3) is 0.409. The summed E-state index contributed by atoms with van der Waals surface area (Å²) in [5, 5.41) is 0. The highest BCUT2D eigenvalue weighted by atomic mass is 16.5. The number of carbonyl (C=O) groups is 1. The molecular formula is C22H28O3. The maximum Gasteiger partial charge on any atom is 0.310 e. The molecule has 0 amide bonds. The highest BCUT2D eigenvalue weighted by molar-refractivity contribution is 5.74. The van der Waals surface area contributed by atoms with E-state index in [2.05, 4.69) is 26.0 Å². The fourth-order valence-corrected chi connectivity index (χ4v) is 2.69. The monoisotopic (exact) mass is 340 g/mol. The molecule has 134 valence electrons. The third-order valence-corrected chi connectivity index (χ3v) is 3.97. The average molecular weight is 340 g/mol. The minimum absolute atomic E-state index is 0.0580. The van der Waals surface area contributed by atoms with Gasteiger partial charge in [0.1, 0.15) is 12.4 Å². The fourth-order valence-electron chi connectivity index (χ4n) is 2.69. The van der Waals surface area contributed by atoms with Crippen LogP contribution >= 0.6 is 0 Å². The largest absolute Gasteiger partial charge is 0.490 e. The summed E-state index contributed by atoms with van der Waals surface area (Å²) < 4.78 is 11.4. The summed E-state index contributed by atoms with van der Waals surface area (Å²) in [6.45, 7) is 10.6. The lowest BCUT2D eigenvalue weighted by atomic mass is 9.96. The number of benzene rings is 2. The van der Waals surface area contributed by atoms with Crippen LogP contribution in [0.15, 0.2) is 42.5 Å². The number of ether oxygens (including phenoxy) is 2. The second-order valence-electron chi connectivity index (χ2n) is 6.97. The van der Waals surface area contributed by atoms with E-state index in [1.165, 1.54) is 5.56 Å². The smallest absolute Gasteiger partial charge is 0.310 e. The van der Waals surface area contributed by atoms with Crippen LogP contribution in [0.25, 0.3) is 0 Å². The van der Waals surface area contributed by atoms with Gasteiger partial charge < -0.3 is 9.47 Å². The lowest BCUT2D eigenvalue weighted by molar-refractivity contribution is -0.144. The van der Waals surface area contributed by atoms with Crippen LogP contribution in [-0.4, -0.2) is 12.1 Å². The molecule has 0 atom stereocenters. The van der Waals surface area contributed by atoms with E-state index in [0.717, 1.165) is 22.4 Å². The highest BCUT2D eigenvalue weighted by Crippen LogP contribution is 2.30. The predicted octanol–water partition coefficient (Wildman–Crippen LogP) is 5.19. The van der Waals surface area contributed by atoms with Gasteiger partial charge in [0.2, 0.25) is 0 Å². The van der Waals surface area contributed by atoms with Crippen molar-refractivity contribution >= 4 is 5.97 Å². The lowest BCUT2D eigenvalue weighted by Gasteiger charge is -2.19. The molecular weight excluding hydrogens is 312 g/mol. The van der Waals surface area contributed by atoms with Crippen molar-refractivity contribution in [2.75, 3.05) is 0 Å². The molecule has 0 fully saturated rings. The van der Waals surface area contributed by atoms with Gasteiger partial charge in [-0.25, -0.2) is 0 Å². The number of carbonyl (C=O) groups excluding carboxylic acids is 1. The van der Waals surface area contributed by atoms with Crippen LogP contribution in [0.3, 0.4) is 0 Å². The van der Waals surface area contributed by atoms with Crippen LogP contribution in [0, 0.1) is 6.92 Å². The molecule has 0 N–H and O–H groups in total. The van der Waals surface area contributed by atoms with E-state index in [9.17, 15) is 4.79 Å². The van der Waals surface area contributed by atoms with E-state index in [4.69, 9.17) is 9.47 Å². The first-order valence-electron chi connectivity index (χ1n) is 8.86. The summed E-state index contributed by atoms with van der Waals surface area (Å²) in [5.41, 5.74) is 4.15. The van der Waals surface area contributed by atoms with Crippen LogP contribution in [-0.2, 0) is 22.6 Å². The van der Waals surface area contributed by atoms with Crippen LogP contribution < -0.4 is 4.74 Å². The third kappa shape index (κ3) is 5.63. The van der Waals surface area contributed by atoms with Crippen molar-refractivity contribution in [3.8, 4) is 5.75 Å². The molecule has 0 bridgehead atoms. The number of esters is 1. The minimum atomic E-state index is -0.238. The number of rotatable bonds is 7. The molecule has 0 aliphatic rings. The summed E-state index contributed by atoms with van der Waals surface area (Å²) in [6.07, 6.45) is 0.277. The van der Waals surface area contributed by atoms with Gasteiger partial charge in [-0.05, 0) is 43.4 Å². The molecule has 0 unspecified atom stereocenters. The van der Waals surface area contributed by atoms with Gasteiger partial charge in [-0.1, -0.05) is 56.3 Å². The van der Waals surface area contributed by atoms with Crippen molar-refractivity contribution in [1.82, 2.24) is 0 Å². The van der Waals surface area contributed by atoms with Crippen molar-refractivity contribution in [3.05, 3.63) is 64.7 Å². The third-order valence-electron chi connectivity index (χ3n) is 3.97. The molecule has 0 spiro atoms. The second-order valence-corrected chi connectivity index (χ2v) is 6.97. The Morgan fingerprint density at radius 3 is 2.32 bits per heavy atom. The Hall–Kier alpha value is -2.29. The second kappa shape index (κ2) is 8.70. The first kappa shape index (κ1) is 19.0. The van der Waals surface area contributed by atoms with E-state index >= 15 is 0 Å². The Morgan fingerprint density at radius 2 is 1.72 bits per heavy atom. The van der Waals surface area contributed by atoms with Gasteiger partial charge in [0.25, 0.3) is 0 Å². The number of aryl methyl sites for hydroxylation is 1. The van der Waals surface area contributed by atoms with Crippen LogP contribution in [0.4, 0.5) is 0 Å². The van der Waals surface area contributed by atoms with E-state index in [-0.39, 0.29) is 18.5 Å². The zero-order valence-corrected chi connectivity index (χ0v) is 15.8. The highest BCUT2D eigenvalue weighted by Gasteiger charge is 2.16. The van der Waals surface area contributed by atoms with Gasteiger partial charge in [0.15, 0.2) is 0 Å². The van der Waals surface area contributed by atoms with Crippen molar-refractivity contribution in [2.45, 2.75) is 59.7 Å². The molecule has 0 aliphatic carbocycles. The first-order chi connectivity index (χ1) is 11.9. The first-order valence-corrected chi connectivity index (χ1v) is 8.86. The molecule has 3 nitrogen and oxygen atoms in total. The molecule has 2 aromatic rings. The van der Waals surface area contributed by atoms with Crippen molar-refractivity contribution in [2.24, 2.45) is 0 Å². The van der Waals surface area contributed by atoms with Crippen LogP contribution in [0.2, 0.25) is 0 Å². The molecule has 0 saturated carbocycles. The molecule has 2 aromatic carbocycles. The summed E-state index contributed by atoms with van der Waals surface area (Å²) in [4.78, 5) is 12.3. The van der Waals surface area contributed by atoms with E-state index < -0.39 is 0 Å². The Morgan fingerprint density at radius 1 is 1.04 bits per heavy atom. The molecule has 2 rings (SSSR count). The number of hydrogen-bond donors (Lipinski definition) is 0. The van der Waals surface area contributed by atoms with Gasteiger partial charge in [-0.3, -0.25) is 4.79 Å². The predicted molar refractivity (Wildman–Crippen MR) is 101 cm³/mol. The summed E-state index contributed by atoms with van der Waals surface area (Å²) in [5.74, 6) is 0.958. The molecule has 0 radical (unpaired) electrons. The van der Waals surface area contributed by atoms with Gasteiger partial charge >= 0.3 is 5.97 Å². The van der Waals surface area contributed by atoms with Gasteiger partial charge in [0.05, 0.1) is 12.5 Å². The standard InChI is InChI=1S/C22H28O3/c1-15(2)19-11-17(5)22(25-16(3)4)20(12-19)13-21(23)24-14-18-9-7-6-8-10-18/h6-12,15-16H,13-14H2,1-5H3. The maximum absolute atomic E-state index is 12.3. The number of hydrogen-bond acceptors (Lipinski definition) is 3. The molecule has 0 aromatic heterocycles. The van der Waals surface area contributed by atoms with Gasteiger partial charge in [-0.2, -0.15) is 0 Å². The Balaban J connectivity index is 2.16. The molecule has 0 saturated heterocycles. The molecule has 3 heteroatoms. The SMILES string of the molecule is Cc1cc(C(C)C)cc(CC(=O)OCc2ccccc2)c1OC(C)C. The molecule has 0 aliphatic heterocycles. The van der Waals surface area contributed by atoms with Crippen LogP contribution in [0.5, 0.6) is 5.75 Å². The molecule has 0 heterocycles. The normalized spacial score (nSPS) is 11.0. The Kier molecular flexibility index (Phi) is 6.63. The summed E-state index contributed by atoms with van der Waals surface area (Å²) in [7, 11) is 0. The Bertz CT molecular complexity index is 703. The van der Waals surface area contributed by atoms with E-state index in [0.29, 0.717) is 12.5 Å². The van der Waals surface area contributed by atoms with Gasteiger partial charge in [-0.15, -0.1) is 0 Å². The summed E-state index contributed by atoms with van der Waals surface area (Å²) in [6, 6.07) is 13.9. The quantitative estimate of drug-likeness (QED) is 0.651. The zero-order chi connectivity index (χ0) is 18.4. The topological polar surface area (TPSA) is 35.5 Å².